The van der Waals surface area contributed by atoms with Crippen LogP contribution < -0.4 is 15.4 Å². The molecule has 1 aromatic carbocycles. The minimum absolute atomic E-state index is 0. The SMILES string of the molecule is CN=C(NCC1(c2cccc(OC)c2)CCCC1)NC1CCN(C(=O)C2CCCC2)C1.I. The van der Waals surface area contributed by atoms with Gasteiger partial charge in [-0.1, -0.05) is 37.8 Å². The first-order valence-corrected chi connectivity index (χ1v) is 12.0. The Morgan fingerprint density at radius 2 is 1.94 bits per heavy atom. The molecule has 6 nitrogen and oxygen atoms in total. The van der Waals surface area contributed by atoms with Crippen molar-refractivity contribution in [2.24, 2.45) is 10.9 Å². The smallest absolute Gasteiger partial charge is 0.225 e. The van der Waals surface area contributed by atoms with Gasteiger partial charge in [0.15, 0.2) is 5.96 Å². The molecule has 178 valence electrons. The van der Waals surface area contributed by atoms with Crippen LogP contribution in [0.1, 0.15) is 63.4 Å². The highest BCUT2D eigenvalue weighted by molar-refractivity contribution is 14.0. The van der Waals surface area contributed by atoms with Crippen LogP contribution in [0.15, 0.2) is 29.3 Å². The molecule has 3 fully saturated rings. The number of guanidine groups is 1. The Morgan fingerprint density at radius 1 is 1.19 bits per heavy atom. The van der Waals surface area contributed by atoms with E-state index >= 15 is 0 Å². The largest absolute Gasteiger partial charge is 0.497 e. The molecule has 0 bridgehead atoms. The molecule has 2 saturated carbocycles. The molecule has 4 rings (SSSR count). The lowest BCUT2D eigenvalue weighted by Crippen LogP contribution is -2.49. The normalized spacial score (nSPS) is 23.1. The molecular formula is C25H39IN4O2. The van der Waals surface area contributed by atoms with E-state index in [2.05, 4.69) is 38.7 Å². The molecule has 1 heterocycles. The van der Waals surface area contributed by atoms with Crippen LogP contribution in [0.25, 0.3) is 0 Å². The Balaban J connectivity index is 0.00000289. The van der Waals surface area contributed by atoms with E-state index in [-0.39, 0.29) is 41.4 Å². The molecule has 1 atom stereocenters. The topological polar surface area (TPSA) is 66.0 Å². The van der Waals surface area contributed by atoms with Gasteiger partial charge < -0.3 is 20.3 Å². The van der Waals surface area contributed by atoms with E-state index in [1.807, 2.05) is 13.1 Å². The minimum Gasteiger partial charge on any atom is -0.497 e. The van der Waals surface area contributed by atoms with E-state index in [0.29, 0.717) is 5.91 Å². The second kappa shape index (κ2) is 11.6. The summed E-state index contributed by atoms with van der Waals surface area (Å²) in [6.45, 7) is 2.51. The number of ether oxygens (including phenoxy) is 1. The number of aliphatic imine (C=N–C) groups is 1. The number of methoxy groups -OCH3 is 1. The van der Waals surface area contributed by atoms with Gasteiger partial charge in [0.25, 0.3) is 0 Å². The first-order valence-electron chi connectivity index (χ1n) is 12.0. The molecule has 3 aliphatic rings. The van der Waals surface area contributed by atoms with Crippen molar-refractivity contribution < 1.29 is 9.53 Å². The molecule has 0 aromatic heterocycles. The molecule has 0 radical (unpaired) electrons. The van der Waals surface area contributed by atoms with Crippen LogP contribution in [0.5, 0.6) is 5.75 Å². The summed E-state index contributed by atoms with van der Waals surface area (Å²) in [5.41, 5.74) is 1.47. The van der Waals surface area contributed by atoms with Crippen LogP contribution >= 0.6 is 24.0 Å². The summed E-state index contributed by atoms with van der Waals surface area (Å²) in [6.07, 6.45) is 10.4. The lowest BCUT2D eigenvalue weighted by molar-refractivity contribution is -0.134. The number of benzene rings is 1. The number of carbonyl (C=O) groups is 1. The number of nitrogens with zero attached hydrogens (tertiary/aromatic N) is 2. The summed E-state index contributed by atoms with van der Waals surface area (Å²) in [5.74, 6) is 2.40. The summed E-state index contributed by atoms with van der Waals surface area (Å²) < 4.78 is 5.47. The van der Waals surface area contributed by atoms with E-state index < -0.39 is 0 Å². The number of carbonyl (C=O) groups excluding carboxylic acids is 1. The number of halogens is 1. The highest BCUT2D eigenvalue weighted by atomic mass is 127. The van der Waals surface area contributed by atoms with Crippen LogP contribution in [0.3, 0.4) is 0 Å². The first-order chi connectivity index (χ1) is 15.1. The van der Waals surface area contributed by atoms with Crippen LogP contribution in [0, 0.1) is 5.92 Å². The van der Waals surface area contributed by atoms with Gasteiger partial charge in [-0.15, -0.1) is 24.0 Å². The zero-order chi connectivity index (χ0) is 21.7. The fourth-order valence-electron chi connectivity index (χ4n) is 5.72. The van der Waals surface area contributed by atoms with Crippen LogP contribution in [0.4, 0.5) is 0 Å². The number of hydrogen-bond acceptors (Lipinski definition) is 3. The maximum absolute atomic E-state index is 12.7. The van der Waals surface area contributed by atoms with Crippen LogP contribution in [-0.4, -0.2) is 56.6 Å². The third-order valence-electron chi connectivity index (χ3n) is 7.61. The maximum atomic E-state index is 12.7. The Hall–Kier alpha value is -1.51. The Labute approximate surface area is 210 Å². The lowest BCUT2D eigenvalue weighted by Gasteiger charge is -2.31. The van der Waals surface area contributed by atoms with Crippen molar-refractivity contribution in [3.8, 4) is 5.75 Å². The van der Waals surface area contributed by atoms with E-state index in [1.54, 1.807) is 7.11 Å². The van der Waals surface area contributed by atoms with Crippen molar-refractivity contribution in [2.75, 3.05) is 33.8 Å². The summed E-state index contributed by atoms with van der Waals surface area (Å²) in [4.78, 5) is 19.3. The third kappa shape index (κ3) is 5.69. The molecule has 1 aliphatic heterocycles. The Kier molecular flexibility index (Phi) is 9.08. The van der Waals surface area contributed by atoms with Gasteiger partial charge >= 0.3 is 0 Å². The van der Waals surface area contributed by atoms with Crippen LogP contribution in [-0.2, 0) is 10.2 Å². The molecule has 1 unspecified atom stereocenters. The molecule has 1 saturated heterocycles. The van der Waals surface area contributed by atoms with E-state index in [9.17, 15) is 4.79 Å². The standard InChI is InChI=1S/C25H38N4O2.HI/c1-26-24(28-21-12-15-29(17-21)23(30)19-8-3-4-9-19)27-18-25(13-5-6-14-25)20-10-7-11-22(16-20)31-2;/h7,10-11,16,19,21H,3-6,8-9,12-15,17-18H2,1-2H3,(H2,26,27,28);1H. The van der Waals surface area contributed by atoms with Crippen molar-refractivity contribution in [1.29, 1.82) is 0 Å². The number of nitrogens with one attached hydrogen (secondary N) is 2. The predicted octanol–water partition coefficient (Wildman–Crippen LogP) is 4.08. The number of likely N-dealkylation sites (tertiary alicyclic amines) is 1. The van der Waals surface area contributed by atoms with Gasteiger partial charge in [0.05, 0.1) is 7.11 Å². The summed E-state index contributed by atoms with van der Waals surface area (Å²) in [6, 6.07) is 8.80. The molecule has 1 aromatic rings. The zero-order valence-electron chi connectivity index (χ0n) is 19.6. The van der Waals surface area contributed by atoms with E-state index in [0.717, 1.165) is 50.6 Å². The average molecular weight is 555 g/mol. The van der Waals surface area contributed by atoms with E-state index in [4.69, 9.17) is 4.74 Å². The van der Waals surface area contributed by atoms with Crippen molar-refractivity contribution in [3.63, 3.8) is 0 Å². The predicted molar refractivity (Wildman–Crippen MR) is 140 cm³/mol. The van der Waals surface area contributed by atoms with Crippen molar-refractivity contribution in [3.05, 3.63) is 29.8 Å². The summed E-state index contributed by atoms with van der Waals surface area (Å²) in [5, 5.41) is 7.19. The number of rotatable bonds is 6. The highest BCUT2D eigenvalue weighted by Crippen LogP contribution is 2.41. The number of hydrogen-bond donors (Lipinski definition) is 2. The highest BCUT2D eigenvalue weighted by Gasteiger charge is 2.37. The third-order valence-corrected chi connectivity index (χ3v) is 7.61. The second-order valence-corrected chi connectivity index (χ2v) is 9.54. The van der Waals surface area contributed by atoms with Gasteiger partial charge in [-0.25, -0.2) is 0 Å². The van der Waals surface area contributed by atoms with Gasteiger partial charge in [-0.2, -0.15) is 0 Å². The molecule has 2 N–H and O–H groups in total. The molecule has 0 spiro atoms. The summed E-state index contributed by atoms with van der Waals surface area (Å²) in [7, 11) is 3.56. The minimum atomic E-state index is 0. The lowest BCUT2D eigenvalue weighted by atomic mass is 9.78. The molecule has 1 amide bonds. The number of amides is 1. The fourth-order valence-corrected chi connectivity index (χ4v) is 5.72. The van der Waals surface area contributed by atoms with Crippen molar-refractivity contribution >= 4 is 35.8 Å². The van der Waals surface area contributed by atoms with Crippen LogP contribution in [0.2, 0.25) is 0 Å². The van der Waals surface area contributed by atoms with Crippen molar-refractivity contribution in [1.82, 2.24) is 15.5 Å². The van der Waals surface area contributed by atoms with Crippen molar-refractivity contribution in [2.45, 2.75) is 69.2 Å². The average Bonchev–Trinajstić information content (AvgIpc) is 3.58. The van der Waals surface area contributed by atoms with Gasteiger partial charge in [0, 0.05) is 44.1 Å². The monoisotopic (exact) mass is 554 g/mol. The summed E-state index contributed by atoms with van der Waals surface area (Å²) >= 11 is 0. The molecule has 2 aliphatic carbocycles. The Morgan fingerprint density at radius 3 is 2.62 bits per heavy atom. The van der Waals surface area contributed by atoms with E-state index in [1.165, 1.54) is 44.1 Å². The first kappa shape index (κ1) is 25.1. The quantitative estimate of drug-likeness (QED) is 0.316. The zero-order valence-corrected chi connectivity index (χ0v) is 21.9. The van der Waals surface area contributed by atoms with Gasteiger partial charge in [0.2, 0.25) is 5.91 Å². The van der Waals surface area contributed by atoms with Gasteiger partial charge in [-0.05, 0) is 49.8 Å². The maximum Gasteiger partial charge on any atom is 0.225 e. The second-order valence-electron chi connectivity index (χ2n) is 9.54. The molecule has 7 heteroatoms. The fraction of sp³-hybridized carbons (Fsp3) is 0.680. The van der Waals surface area contributed by atoms with Gasteiger partial charge in [-0.3, -0.25) is 9.79 Å². The van der Waals surface area contributed by atoms with Gasteiger partial charge in [0.1, 0.15) is 5.75 Å². The molecule has 32 heavy (non-hydrogen) atoms. The molecular weight excluding hydrogens is 515 g/mol. The Bertz CT molecular complexity index is 788.